The van der Waals surface area contributed by atoms with Crippen molar-refractivity contribution < 1.29 is 4.79 Å². The van der Waals surface area contributed by atoms with Crippen molar-refractivity contribution in [1.82, 2.24) is 0 Å². The normalized spacial score (nSPS) is 16.8. The van der Waals surface area contributed by atoms with Crippen LogP contribution < -0.4 is 4.46 Å². The van der Waals surface area contributed by atoms with Gasteiger partial charge in [-0.15, -0.1) is 0 Å². The molecule has 1 aromatic carbocycles. The van der Waals surface area contributed by atoms with Gasteiger partial charge in [0.25, 0.3) is 0 Å². The summed E-state index contributed by atoms with van der Waals surface area (Å²) >= 11 is 0.289. The first-order valence-electron chi connectivity index (χ1n) is 4.43. The van der Waals surface area contributed by atoms with Crippen LogP contribution in [-0.2, 0) is 4.79 Å². The van der Waals surface area contributed by atoms with E-state index in [2.05, 4.69) is 18.2 Å². The van der Waals surface area contributed by atoms with E-state index >= 15 is 0 Å². The molecule has 0 unspecified atom stereocenters. The van der Waals surface area contributed by atoms with Gasteiger partial charge in [-0.05, 0) is 0 Å². The molecule has 0 N–H and O–H groups in total. The zero-order valence-corrected chi connectivity index (χ0v) is 9.57. The van der Waals surface area contributed by atoms with Crippen LogP contribution >= 0.6 is 0 Å². The van der Waals surface area contributed by atoms with Gasteiger partial charge < -0.3 is 0 Å². The molecule has 0 saturated carbocycles. The van der Waals surface area contributed by atoms with Gasteiger partial charge in [0.1, 0.15) is 0 Å². The molecule has 0 aliphatic carbocycles. The van der Waals surface area contributed by atoms with Crippen LogP contribution in [0.15, 0.2) is 40.9 Å². The molecule has 1 heterocycles. The third-order valence-electron chi connectivity index (χ3n) is 1.92. The molecule has 1 aliphatic heterocycles. The number of allylic oxidation sites excluding steroid dienone is 3. The van der Waals surface area contributed by atoms with Gasteiger partial charge >= 0.3 is 89.4 Å². The molecule has 1 aromatic rings. The Hall–Kier alpha value is -1.11. The van der Waals surface area contributed by atoms with Crippen molar-refractivity contribution in [2.45, 2.75) is 6.92 Å². The van der Waals surface area contributed by atoms with Crippen molar-refractivity contribution in [3.8, 4) is 0 Å². The average molecular weight is 249 g/mol. The third-order valence-corrected chi connectivity index (χ3v) is 4.19. The first-order chi connectivity index (χ1) is 6.75. The second-order valence-electron chi connectivity index (χ2n) is 3.13. The van der Waals surface area contributed by atoms with Crippen molar-refractivity contribution in [2.24, 2.45) is 0 Å². The molecule has 0 aromatic heterocycles. The standard InChI is InChI=1S/C12H10OSe/c1-9(13)8-11-7-6-10-4-2-3-5-12(10)14-11/h2-8H,1H3/b11-8+. The van der Waals surface area contributed by atoms with E-state index in [4.69, 9.17) is 0 Å². The molecule has 2 rings (SSSR count). The predicted molar refractivity (Wildman–Crippen MR) is 59.6 cm³/mol. The molecule has 2 heteroatoms. The SMILES string of the molecule is CC(=O)/C=C1\C=Cc2ccccc2[Se]1. The minimum atomic E-state index is 0.130. The molecule has 1 aliphatic rings. The Labute approximate surface area is 89.7 Å². The summed E-state index contributed by atoms with van der Waals surface area (Å²) in [4.78, 5) is 10.9. The van der Waals surface area contributed by atoms with Gasteiger partial charge in [0.15, 0.2) is 0 Å². The van der Waals surface area contributed by atoms with E-state index in [0.717, 1.165) is 4.47 Å². The number of fused-ring (bicyclic) bond motifs is 1. The quantitative estimate of drug-likeness (QED) is 0.544. The van der Waals surface area contributed by atoms with Crippen LogP contribution in [0.25, 0.3) is 6.08 Å². The van der Waals surface area contributed by atoms with E-state index in [9.17, 15) is 4.79 Å². The predicted octanol–water partition coefficient (Wildman–Crippen LogP) is 1.52. The summed E-state index contributed by atoms with van der Waals surface area (Å²) in [5, 5.41) is 0. The Morgan fingerprint density at radius 3 is 2.86 bits per heavy atom. The second kappa shape index (κ2) is 3.95. The first kappa shape index (κ1) is 9.44. The molecule has 0 spiro atoms. The van der Waals surface area contributed by atoms with Gasteiger partial charge in [-0.3, -0.25) is 0 Å². The number of rotatable bonds is 1. The molecular weight excluding hydrogens is 239 g/mol. The summed E-state index contributed by atoms with van der Waals surface area (Å²) in [5.74, 6) is 0.130. The van der Waals surface area contributed by atoms with Gasteiger partial charge in [-0.1, -0.05) is 0 Å². The summed E-state index contributed by atoms with van der Waals surface area (Å²) < 4.78 is 2.51. The number of carbonyl (C=O) groups is 1. The van der Waals surface area contributed by atoms with Crippen molar-refractivity contribution in [3.05, 3.63) is 46.5 Å². The Balaban J connectivity index is 2.34. The molecule has 0 atom stereocenters. The Morgan fingerprint density at radius 2 is 2.07 bits per heavy atom. The first-order valence-corrected chi connectivity index (χ1v) is 6.14. The van der Waals surface area contributed by atoms with Gasteiger partial charge in [0.05, 0.1) is 0 Å². The molecule has 1 nitrogen and oxygen atoms in total. The van der Waals surface area contributed by atoms with E-state index in [-0.39, 0.29) is 20.7 Å². The van der Waals surface area contributed by atoms with Crippen LogP contribution in [0.1, 0.15) is 12.5 Å². The van der Waals surface area contributed by atoms with E-state index in [1.165, 1.54) is 10.0 Å². The molecule has 0 saturated heterocycles. The van der Waals surface area contributed by atoms with Gasteiger partial charge in [0, 0.05) is 0 Å². The number of ketones is 1. The monoisotopic (exact) mass is 250 g/mol. The zero-order chi connectivity index (χ0) is 9.97. The van der Waals surface area contributed by atoms with E-state index in [1.807, 2.05) is 18.2 Å². The summed E-state index contributed by atoms with van der Waals surface area (Å²) in [6.07, 6.45) is 5.85. The summed E-state index contributed by atoms with van der Waals surface area (Å²) in [6, 6.07) is 8.33. The van der Waals surface area contributed by atoms with E-state index < -0.39 is 0 Å². The van der Waals surface area contributed by atoms with E-state index in [1.54, 1.807) is 13.0 Å². The summed E-state index contributed by atoms with van der Waals surface area (Å²) in [7, 11) is 0. The van der Waals surface area contributed by atoms with Crippen molar-refractivity contribution >= 4 is 31.3 Å². The average Bonchev–Trinajstić information content (AvgIpc) is 2.17. The van der Waals surface area contributed by atoms with Gasteiger partial charge in [0.2, 0.25) is 0 Å². The molecule has 0 radical (unpaired) electrons. The van der Waals surface area contributed by atoms with Crippen LogP contribution in [-0.4, -0.2) is 20.7 Å². The fourth-order valence-electron chi connectivity index (χ4n) is 1.32. The van der Waals surface area contributed by atoms with Gasteiger partial charge in [-0.25, -0.2) is 0 Å². The maximum atomic E-state index is 10.9. The van der Waals surface area contributed by atoms with Crippen LogP contribution in [0.5, 0.6) is 0 Å². The van der Waals surface area contributed by atoms with Crippen LogP contribution in [0.3, 0.4) is 0 Å². The number of carbonyl (C=O) groups excluding carboxylic acids is 1. The van der Waals surface area contributed by atoms with Crippen LogP contribution in [0.2, 0.25) is 0 Å². The Morgan fingerprint density at radius 1 is 1.29 bits per heavy atom. The summed E-state index contributed by atoms with van der Waals surface area (Å²) in [6.45, 7) is 1.59. The second-order valence-corrected chi connectivity index (χ2v) is 5.47. The van der Waals surface area contributed by atoms with Crippen molar-refractivity contribution in [2.75, 3.05) is 0 Å². The molecule has 0 fully saturated rings. The number of hydrogen-bond donors (Lipinski definition) is 0. The zero-order valence-electron chi connectivity index (χ0n) is 7.86. The third kappa shape index (κ3) is 2.03. The van der Waals surface area contributed by atoms with Crippen LogP contribution in [0, 0.1) is 0 Å². The van der Waals surface area contributed by atoms with Crippen molar-refractivity contribution in [3.63, 3.8) is 0 Å². The van der Waals surface area contributed by atoms with Crippen molar-refractivity contribution in [1.29, 1.82) is 0 Å². The number of hydrogen-bond acceptors (Lipinski definition) is 1. The van der Waals surface area contributed by atoms with Gasteiger partial charge in [-0.2, -0.15) is 0 Å². The topological polar surface area (TPSA) is 17.1 Å². The van der Waals surface area contributed by atoms with Crippen LogP contribution in [0.4, 0.5) is 0 Å². The molecule has 70 valence electrons. The Kier molecular flexibility index (Phi) is 2.67. The Bertz CT molecular complexity index is 430. The number of benzene rings is 1. The molecular formula is C12H10OSe. The fraction of sp³-hybridized carbons (Fsp3) is 0.0833. The summed E-state index contributed by atoms with van der Waals surface area (Å²) in [5.41, 5.74) is 1.29. The maximum absolute atomic E-state index is 10.9. The minimum absolute atomic E-state index is 0.130. The fourth-order valence-corrected chi connectivity index (χ4v) is 3.45. The molecule has 0 amide bonds. The molecule has 0 bridgehead atoms. The van der Waals surface area contributed by atoms with E-state index in [0.29, 0.717) is 0 Å². The molecule has 14 heavy (non-hydrogen) atoms.